The zero-order chi connectivity index (χ0) is 13.9. The average molecular weight is 388 g/mol. The molecule has 0 saturated carbocycles. The van der Waals surface area contributed by atoms with Crippen molar-refractivity contribution in [2.75, 3.05) is 11.9 Å². The standard InChI is InChI=1S/C9H6Br2F2N2O3/c10-5-1-6(14-2-7(12)13)9(15(17)18)8(11)4(5)3-16/h1,3,7,14H,2H2. The topological polar surface area (TPSA) is 72.2 Å². The quantitative estimate of drug-likeness (QED) is 0.476. The van der Waals surface area contributed by atoms with Gasteiger partial charge < -0.3 is 5.32 Å². The van der Waals surface area contributed by atoms with E-state index in [1.54, 1.807) is 0 Å². The molecule has 9 heteroatoms. The molecule has 0 aliphatic heterocycles. The van der Waals surface area contributed by atoms with Crippen LogP contribution >= 0.6 is 31.9 Å². The zero-order valence-electron chi connectivity index (χ0n) is 8.62. The Hall–Kier alpha value is -1.09. The molecule has 0 amide bonds. The summed E-state index contributed by atoms with van der Waals surface area (Å²) in [5.41, 5.74) is -0.505. The first-order valence-electron chi connectivity index (χ1n) is 4.52. The largest absolute Gasteiger partial charge is 0.374 e. The normalized spacial score (nSPS) is 10.5. The highest BCUT2D eigenvalue weighted by Gasteiger charge is 2.24. The van der Waals surface area contributed by atoms with Crippen LogP contribution in [-0.4, -0.2) is 24.2 Å². The van der Waals surface area contributed by atoms with Crippen molar-refractivity contribution in [3.8, 4) is 0 Å². The second kappa shape index (κ2) is 6.19. The number of rotatable bonds is 5. The number of halogens is 4. The van der Waals surface area contributed by atoms with Gasteiger partial charge in [-0.25, -0.2) is 8.78 Å². The molecule has 0 aliphatic rings. The molecule has 0 spiro atoms. The van der Waals surface area contributed by atoms with Crippen LogP contribution in [0, 0.1) is 10.1 Å². The highest BCUT2D eigenvalue weighted by Crippen LogP contribution is 2.39. The number of nitro benzene ring substituents is 1. The summed E-state index contributed by atoms with van der Waals surface area (Å²) in [6.45, 7) is -0.722. The van der Waals surface area contributed by atoms with Crippen LogP contribution in [0.25, 0.3) is 0 Å². The Morgan fingerprint density at radius 2 is 2.11 bits per heavy atom. The Labute approximate surface area is 117 Å². The number of aldehydes is 1. The van der Waals surface area contributed by atoms with Crippen molar-refractivity contribution in [1.29, 1.82) is 0 Å². The van der Waals surface area contributed by atoms with E-state index in [0.29, 0.717) is 6.29 Å². The highest BCUT2D eigenvalue weighted by atomic mass is 79.9. The van der Waals surface area contributed by atoms with Crippen LogP contribution in [0.4, 0.5) is 20.2 Å². The molecule has 18 heavy (non-hydrogen) atoms. The summed E-state index contributed by atoms with van der Waals surface area (Å²) in [5.74, 6) is 0. The average Bonchev–Trinajstić information content (AvgIpc) is 2.25. The molecular weight excluding hydrogens is 382 g/mol. The number of benzene rings is 1. The van der Waals surface area contributed by atoms with Crippen LogP contribution in [-0.2, 0) is 0 Å². The molecule has 0 atom stereocenters. The van der Waals surface area contributed by atoms with Crippen molar-refractivity contribution >= 4 is 49.5 Å². The van der Waals surface area contributed by atoms with Gasteiger partial charge in [-0.1, -0.05) is 0 Å². The third kappa shape index (κ3) is 3.22. The van der Waals surface area contributed by atoms with Crippen molar-refractivity contribution in [3.05, 3.63) is 30.7 Å². The SMILES string of the molecule is O=Cc1c(Br)cc(NCC(F)F)c([N+](=O)[O-])c1Br. The summed E-state index contributed by atoms with van der Waals surface area (Å²) < 4.78 is 24.4. The van der Waals surface area contributed by atoms with Gasteiger partial charge in [-0.15, -0.1) is 0 Å². The van der Waals surface area contributed by atoms with Crippen molar-refractivity contribution < 1.29 is 18.5 Å². The molecule has 5 nitrogen and oxygen atoms in total. The summed E-state index contributed by atoms with van der Waals surface area (Å²) >= 11 is 5.96. The van der Waals surface area contributed by atoms with Gasteiger partial charge >= 0.3 is 5.69 Å². The second-order valence-corrected chi connectivity index (χ2v) is 4.78. The monoisotopic (exact) mass is 386 g/mol. The van der Waals surface area contributed by atoms with Crippen molar-refractivity contribution in [3.63, 3.8) is 0 Å². The van der Waals surface area contributed by atoms with E-state index < -0.39 is 23.6 Å². The van der Waals surface area contributed by atoms with E-state index in [1.807, 2.05) is 0 Å². The Balaban J connectivity index is 3.32. The van der Waals surface area contributed by atoms with Gasteiger partial charge in [0, 0.05) is 10.0 Å². The predicted molar refractivity (Wildman–Crippen MR) is 68.4 cm³/mol. The maximum atomic E-state index is 12.1. The second-order valence-electron chi connectivity index (χ2n) is 3.13. The van der Waals surface area contributed by atoms with Crippen molar-refractivity contribution in [1.82, 2.24) is 0 Å². The number of hydrogen-bond donors (Lipinski definition) is 1. The van der Waals surface area contributed by atoms with Crippen LogP contribution in [0.5, 0.6) is 0 Å². The molecule has 0 unspecified atom stereocenters. The summed E-state index contributed by atoms with van der Waals surface area (Å²) in [5, 5.41) is 13.1. The third-order valence-corrected chi connectivity index (χ3v) is 3.43. The number of nitrogens with zero attached hydrogens (tertiary/aromatic N) is 1. The van der Waals surface area contributed by atoms with Gasteiger partial charge in [0.25, 0.3) is 6.43 Å². The van der Waals surface area contributed by atoms with E-state index >= 15 is 0 Å². The molecule has 0 bridgehead atoms. The lowest BCUT2D eigenvalue weighted by Crippen LogP contribution is -2.12. The van der Waals surface area contributed by atoms with Gasteiger partial charge in [-0.3, -0.25) is 14.9 Å². The molecule has 0 saturated heterocycles. The molecule has 0 fully saturated rings. The minimum Gasteiger partial charge on any atom is -0.374 e. The van der Waals surface area contributed by atoms with Gasteiger partial charge in [0.15, 0.2) is 6.29 Å². The van der Waals surface area contributed by atoms with Crippen molar-refractivity contribution in [2.45, 2.75) is 6.43 Å². The number of carbonyl (C=O) groups excluding carboxylic acids is 1. The van der Waals surface area contributed by atoms with E-state index in [0.717, 1.165) is 0 Å². The van der Waals surface area contributed by atoms with E-state index in [1.165, 1.54) is 6.07 Å². The number of anilines is 1. The van der Waals surface area contributed by atoms with Crippen LogP contribution in [0.15, 0.2) is 15.0 Å². The fourth-order valence-electron chi connectivity index (χ4n) is 1.23. The Morgan fingerprint density at radius 3 is 2.56 bits per heavy atom. The van der Waals surface area contributed by atoms with Crippen LogP contribution in [0.1, 0.15) is 10.4 Å². The molecule has 0 aliphatic carbocycles. The van der Waals surface area contributed by atoms with Crippen LogP contribution in [0.2, 0.25) is 0 Å². The first-order chi connectivity index (χ1) is 8.38. The van der Waals surface area contributed by atoms with Gasteiger partial charge in [-0.05, 0) is 37.9 Å². The summed E-state index contributed by atoms with van der Waals surface area (Å²) in [6.07, 6.45) is -2.22. The van der Waals surface area contributed by atoms with Gasteiger partial charge in [0.05, 0.1) is 11.5 Å². The van der Waals surface area contributed by atoms with E-state index in [2.05, 4.69) is 37.2 Å². The number of nitro groups is 1. The van der Waals surface area contributed by atoms with Gasteiger partial charge in [0.2, 0.25) is 0 Å². The lowest BCUT2D eigenvalue weighted by molar-refractivity contribution is -0.384. The molecule has 0 heterocycles. The summed E-state index contributed by atoms with van der Waals surface area (Å²) in [6, 6.07) is 1.22. The lowest BCUT2D eigenvalue weighted by atomic mass is 10.2. The van der Waals surface area contributed by atoms with Crippen LogP contribution < -0.4 is 5.32 Å². The van der Waals surface area contributed by atoms with Gasteiger partial charge in [-0.2, -0.15) is 0 Å². The predicted octanol–water partition coefficient (Wildman–Crippen LogP) is 3.61. The maximum absolute atomic E-state index is 12.1. The zero-order valence-corrected chi connectivity index (χ0v) is 11.8. The fraction of sp³-hybridized carbons (Fsp3) is 0.222. The third-order valence-electron chi connectivity index (χ3n) is 1.98. The number of carbonyl (C=O) groups is 1. The number of nitrogens with one attached hydrogen (secondary N) is 1. The molecule has 1 aromatic carbocycles. The minimum atomic E-state index is -2.65. The van der Waals surface area contributed by atoms with E-state index in [-0.39, 0.29) is 20.2 Å². The maximum Gasteiger partial charge on any atom is 0.307 e. The number of hydrogen-bond acceptors (Lipinski definition) is 4. The Morgan fingerprint density at radius 1 is 1.50 bits per heavy atom. The summed E-state index contributed by atoms with van der Waals surface area (Å²) in [7, 11) is 0. The molecule has 98 valence electrons. The minimum absolute atomic E-state index is 0.0456. The molecular formula is C9H6Br2F2N2O3. The molecule has 1 aromatic rings. The van der Waals surface area contributed by atoms with Crippen LogP contribution in [0.3, 0.4) is 0 Å². The Kier molecular flexibility index (Phi) is 5.15. The molecule has 0 radical (unpaired) electrons. The highest BCUT2D eigenvalue weighted by molar-refractivity contribution is 9.11. The molecule has 1 N–H and O–H groups in total. The number of alkyl halides is 2. The Bertz CT molecular complexity index is 497. The van der Waals surface area contributed by atoms with Gasteiger partial charge in [0.1, 0.15) is 10.2 Å². The molecule has 0 aromatic heterocycles. The smallest absolute Gasteiger partial charge is 0.307 e. The summed E-state index contributed by atoms with van der Waals surface area (Å²) in [4.78, 5) is 20.9. The first-order valence-corrected chi connectivity index (χ1v) is 6.10. The molecule has 1 rings (SSSR count). The van der Waals surface area contributed by atoms with E-state index in [4.69, 9.17) is 0 Å². The van der Waals surface area contributed by atoms with E-state index in [9.17, 15) is 23.7 Å². The first kappa shape index (κ1) is 15.0. The van der Waals surface area contributed by atoms with Crippen molar-refractivity contribution in [2.24, 2.45) is 0 Å². The fourth-order valence-corrected chi connectivity index (χ4v) is 2.68. The lowest BCUT2D eigenvalue weighted by Gasteiger charge is -2.10.